The van der Waals surface area contributed by atoms with Crippen LogP contribution in [0.15, 0.2) is 29.4 Å². The molecule has 5 nitrogen and oxygen atoms in total. The second kappa shape index (κ2) is 5.97. The lowest BCUT2D eigenvalue weighted by molar-refractivity contribution is 0.0993. The molecule has 6 heteroatoms. The molecule has 0 aliphatic heterocycles. The second-order valence-electron chi connectivity index (χ2n) is 6.03. The highest BCUT2D eigenvalue weighted by Crippen LogP contribution is 2.26. The van der Waals surface area contributed by atoms with Gasteiger partial charge in [-0.3, -0.25) is 4.79 Å². The molecule has 0 saturated heterocycles. The number of hydrogen-bond donors (Lipinski definition) is 0. The monoisotopic (exact) mass is 304 g/mol. The van der Waals surface area contributed by atoms with E-state index >= 15 is 0 Å². The quantitative estimate of drug-likeness (QED) is 0.641. The van der Waals surface area contributed by atoms with E-state index in [1.54, 1.807) is 4.68 Å². The summed E-state index contributed by atoms with van der Waals surface area (Å²) in [6, 6.07) is 7.62. The van der Waals surface area contributed by atoms with Crippen molar-refractivity contribution in [3.8, 4) is 0 Å². The van der Waals surface area contributed by atoms with Gasteiger partial charge in [-0.15, -0.1) is 5.10 Å². The van der Waals surface area contributed by atoms with E-state index in [0.717, 1.165) is 11.1 Å². The first-order valence-corrected chi connectivity index (χ1v) is 7.73. The van der Waals surface area contributed by atoms with Gasteiger partial charge in [-0.2, -0.15) is 0 Å². The number of nitrogens with zero attached hydrogens (tertiary/aromatic N) is 4. The summed E-state index contributed by atoms with van der Waals surface area (Å²) in [5, 5.41) is 12.2. The summed E-state index contributed by atoms with van der Waals surface area (Å²) in [6.45, 7) is 9.97. The van der Waals surface area contributed by atoms with Crippen molar-refractivity contribution in [2.45, 2.75) is 50.6 Å². The molecule has 112 valence electrons. The Balaban J connectivity index is 2.15. The molecule has 0 aliphatic rings. The van der Waals surface area contributed by atoms with Crippen LogP contribution in [-0.2, 0) is 5.54 Å². The van der Waals surface area contributed by atoms with Crippen molar-refractivity contribution in [1.82, 2.24) is 20.2 Å². The molecule has 0 amide bonds. The van der Waals surface area contributed by atoms with Gasteiger partial charge in [-0.25, -0.2) is 4.68 Å². The molecule has 1 aromatic heterocycles. The molecule has 1 heterocycles. The molecule has 0 bridgehead atoms. The molecule has 0 unspecified atom stereocenters. The zero-order valence-corrected chi connectivity index (χ0v) is 13.8. The van der Waals surface area contributed by atoms with Gasteiger partial charge in [0, 0.05) is 5.56 Å². The predicted molar refractivity (Wildman–Crippen MR) is 83.6 cm³/mol. The lowest BCUT2D eigenvalue weighted by atomic mass is 10.1. The molecule has 0 fully saturated rings. The Morgan fingerprint density at radius 3 is 2.43 bits per heavy atom. The van der Waals surface area contributed by atoms with Gasteiger partial charge in [0.1, 0.15) is 0 Å². The molecule has 1 atom stereocenters. The van der Waals surface area contributed by atoms with E-state index in [0.29, 0.717) is 5.16 Å². The van der Waals surface area contributed by atoms with Gasteiger partial charge < -0.3 is 0 Å². The molecule has 0 radical (unpaired) electrons. The lowest BCUT2D eigenvalue weighted by Crippen LogP contribution is -2.25. The summed E-state index contributed by atoms with van der Waals surface area (Å²) in [6.07, 6.45) is 0. The maximum Gasteiger partial charge on any atom is 0.210 e. The molecule has 1 aromatic carbocycles. The van der Waals surface area contributed by atoms with E-state index in [1.165, 1.54) is 11.8 Å². The number of tetrazole rings is 1. The number of aromatic nitrogens is 4. The number of benzene rings is 1. The van der Waals surface area contributed by atoms with Crippen LogP contribution >= 0.6 is 11.8 Å². The summed E-state index contributed by atoms with van der Waals surface area (Å²) in [7, 11) is 0. The molecular weight excluding hydrogens is 284 g/mol. The number of carbonyl (C=O) groups is 1. The van der Waals surface area contributed by atoms with Gasteiger partial charge in [-0.1, -0.05) is 41.6 Å². The van der Waals surface area contributed by atoms with Crippen LogP contribution in [0.5, 0.6) is 0 Å². The zero-order chi connectivity index (χ0) is 15.6. The Bertz CT molecular complexity index is 628. The first kappa shape index (κ1) is 15.7. The first-order valence-electron chi connectivity index (χ1n) is 6.85. The summed E-state index contributed by atoms with van der Waals surface area (Å²) < 4.78 is 1.75. The maximum absolute atomic E-state index is 12.4. The number of rotatable bonds is 4. The third-order valence-electron chi connectivity index (χ3n) is 3.06. The van der Waals surface area contributed by atoms with Gasteiger partial charge in [0.25, 0.3) is 0 Å². The fraction of sp³-hybridized carbons (Fsp3) is 0.467. The van der Waals surface area contributed by atoms with Crippen molar-refractivity contribution < 1.29 is 4.79 Å². The average molecular weight is 304 g/mol. The number of hydrogen-bond acceptors (Lipinski definition) is 5. The Kier molecular flexibility index (Phi) is 4.46. The Labute approximate surface area is 129 Å². The van der Waals surface area contributed by atoms with Gasteiger partial charge in [0.2, 0.25) is 5.16 Å². The minimum atomic E-state index is -0.236. The Morgan fingerprint density at radius 1 is 1.24 bits per heavy atom. The molecule has 0 N–H and O–H groups in total. The van der Waals surface area contributed by atoms with Crippen LogP contribution in [0.4, 0.5) is 0 Å². The molecule has 0 aliphatic carbocycles. The normalized spacial score (nSPS) is 13.2. The van der Waals surface area contributed by atoms with E-state index in [9.17, 15) is 4.79 Å². The van der Waals surface area contributed by atoms with Crippen LogP contribution < -0.4 is 0 Å². The van der Waals surface area contributed by atoms with E-state index in [-0.39, 0.29) is 16.6 Å². The van der Waals surface area contributed by atoms with Gasteiger partial charge in [0.15, 0.2) is 5.78 Å². The summed E-state index contributed by atoms with van der Waals surface area (Å²) in [5.41, 5.74) is 1.65. The van der Waals surface area contributed by atoms with E-state index in [4.69, 9.17) is 0 Å². The summed E-state index contributed by atoms with van der Waals surface area (Å²) in [4.78, 5) is 12.4. The van der Waals surface area contributed by atoms with Crippen LogP contribution in [0.3, 0.4) is 0 Å². The number of ketones is 1. The minimum Gasteiger partial charge on any atom is -0.293 e. The van der Waals surface area contributed by atoms with E-state index < -0.39 is 0 Å². The van der Waals surface area contributed by atoms with Crippen molar-refractivity contribution in [2.24, 2.45) is 0 Å². The molecule has 21 heavy (non-hydrogen) atoms. The summed E-state index contributed by atoms with van der Waals surface area (Å²) in [5.74, 6) is 0.0865. The third kappa shape index (κ3) is 3.69. The standard InChI is InChI=1S/C15H20N4OS/c1-10-6-8-12(9-7-10)13(20)11(2)21-14-16-17-18-19(14)15(3,4)5/h6-9,11H,1-5H3/t11-/m0/s1. The van der Waals surface area contributed by atoms with Crippen LogP contribution in [-0.4, -0.2) is 31.2 Å². The van der Waals surface area contributed by atoms with Crippen molar-refractivity contribution in [2.75, 3.05) is 0 Å². The molecule has 2 rings (SSSR count). The van der Waals surface area contributed by atoms with Crippen LogP contribution in [0.25, 0.3) is 0 Å². The highest BCUT2D eigenvalue weighted by atomic mass is 32.2. The second-order valence-corrected chi connectivity index (χ2v) is 7.34. The molecule has 0 saturated carbocycles. The lowest BCUT2D eigenvalue weighted by Gasteiger charge is -2.20. The van der Waals surface area contributed by atoms with E-state index in [1.807, 2.05) is 58.9 Å². The smallest absolute Gasteiger partial charge is 0.210 e. The number of aryl methyl sites for hydroxylation is 1. The minimum absolute atomic E-state index is 0.0865. The van der Waals surface area contributed by atoms with Gasteiger partial charge in [0.05, 0.1) is 10.8 Å². The van der Waals surface area contributed by atoms with Crippen molar-refractivity contribution in [1.29, 1.82) is 0 Å². The highest BCUT2D eigenvalue weighted by molar-refractivity contribution is 8.00. The third-order valence-corrected chi connectivity index (χ3v) is 4.10. The Morgan fingerprint density at radius 2 is 1.86 bits per heavy atom. The van der Waals surface area contributed by atoms with Crippen LogP contribution in [0, 0.1) is 6.92 Å². The SMILES string of the molecule is Cc1ccc(C(=O)[C@H](C)Sc2nnnn2C(C)(C)C)cc1. The topological polar surface area (TPSA) is 60.7 Å². The molecule has 2 aromatic rings. The fourth-order valence-electron chi connectivity index (χ4n) is 1.84. The van der Waals surface area contributed by atoms with Gasteiger partial charge >= 0.3 is 0 Å². The number of carbonyl (C=O) groups excluding carboxylic acids is 1. The van der Waals surface area contributed by atoms with Crippen LogP contribution in [0.1, 0.15) is 43.6 Å². The van der Waals surface area contributed by atoms with Crippen molar-refractivity contribution in [3.63, 3.8) is 0 Å². The molecular formula is C15H20N4OS. The molecule has 0 spiro atoms. The zero-order valence-electron chi connectivity index (χ0n) is 13.0. The maximum atomic E-state index is 12.4. The average Bonchev–Trinajstić information content (AvgIpc) is 2.87. The van der Waals surface area contributed by atoms with Crippen molar-refractivity contribution >= 4 is 17.5 Å². The Hall–Kier alpha value is -1.69. The largest absolute Gasteiger partial charge is 0.293 e. The number of Topliss-reactive ketones (excluding diaryl/α,β-unsaturated/α-hetero) is 1. The van der Waals surface area contributed by atoms with E-state index in [2.05, 4.69) is 15.5 Å². The predicted octanol–water partition coefficient (Wildman–Crippen LogP) is 3.10. The first-order chi connectivity index (χ1) is 9.79. The summed E-state index contributed by atoms with van der Waals surface area (Å²) >= 11 is 1.39. The highest BCUT2D eigenvalue weighted by Gasteiger charge is 2.24. The van der Waals surface area contributed by atoms with Crippen LogP contribution in [0.2, 0.25) is 0 Å². The van der Waals surface area contributed by atoms with Crippen molar-refractivity contribution in [3.05, 3.63) is 35.4 Å². The number of thioether (sulfide) groups is 1. The van der Waals surface area contributed by atoms with Gasteiger partial charge in [-0.05, 0) is 45.0 Å². The fourth-order valence-corrected chi connectivity index (χ4v) is 2.89.